The van der Waals surface area contributed by atoms with Crippen molar-refractivity contribution in [1.82, 2.24) is 0 Å². The first-order valence-corrected chi connectivity index (χ1v) is 28.5. The summed E-state index contributed by atoms with van der Waals surface area (Å²) in [6, 6.07) is 31.4. The molecule has 2 aliphatic rings. The maximum atomic E-state index is 8.81. The minimum absolute atomic E-state index is 0.0225. The molecule has 2 unspecified atom stereocenters. The molecule has 6 rings (SSSR count). The van der Waals surface area contributed by atoms with Crippen molar-refractivity contribution in [3.05, 3.63) is 141 Å². The van der Waals surface area contributed by atoms with Crippen LogP contribution in [0.4, 0.5) is 0 Å². The van der Waals surface area contributed by atoms with Crippen molar-refractivity contribution in [2.75, 3.05) is 0 Å². The fourth-order valence-corrected chi connectivity index (χ4v) is 53.8. The third-order valence-electron chi connectivity index (χ3n) is 9.36. The molecule has 0 aromatic heterocycles. The number of rotatable bonds is 4. The zero-order valence-corrected chi connectivity index (χ0v) is 29.1. The molecular formula is C36H36Cl2SiZr. The number of fused-ring (bicyclic) bond motifs is 2. The number of hydrogen-bond acceptors (Lipinski definition) is 0. The van der Waals surface area contributed by atoms with E-state index in [1.165, 1.54) is 66.0 Å². The Morgan fingerprint density at radius 3 is 1.25 bits per heavy atom. The van der Waals surface area contributed by atoms with Gasteiger partial charge in [0.2, 0.25) is 0 Å². The van der Waals surface area contributed by atoms with Crippen molar-refractivity contribution in [2.45, 2.75) is 48.8 Å². The van der Waals surface area contributed by atoms with E-state index in [2.05, 4.69) is 139 Å². The Kier molecular flexibility index (Phi) is 7.11. The molecule has 0 N–H and O–H groups in total. The minimum atomic E-state index is -5.16. The summed E-state index contributed by atoms with van der Waals surface area (Å²) in [4.78, 5) is 0. The van der Waals surface area contributed by atoms with Gasteiger partial charge in [0, 0.05) is 0 Å². The standard InChI is InChI=1S/C12H10Si.2C12H13.2ClH.Zr/c1-3-7-11(8-4-1)13-12-9-5-2-6-10-12;2*1-8-4-11-6-9(2)10(3)7-12(11)5-8;;;/h1-10H;2*4-7H,1-3H3;2*1H;/q;;;;;+2/p-2. The molecule has 0 nitrogen and oxygen atoms in total. The zero-order chi connectivity index (χ0) is 28.4. The molecule has 0 amide bonds. The van der Waals surface area contributed by atoms with Gasteiger partial charge >= 0.3 is 249 Å². The Balaban J connectivity index is 1.84. The molecule has 2 atom stereocenters. The first kappa shape index (κ1) is 28.2. The fraction of sp³-hybridized carbons (Fsp3) is 0.222. The van der Waals surface area contributed by atoms with E-state index in [0.29, 0.717) is 0 Å². The van der Waals surface area contributed by atoms with E-state index in [0.717, 1.165) is 0 Å². The van der Waals surface area contributed by atoms with Crippen LogP contribution < -0.4 is 10.4 Å². The molecular weight excluding hydrogens is 623 g/mol. The van der Waals surface area contributed by atoms with Gasteiger partial charge in [-0.25, -0.2) is 0 Å². The van der Waals surface area contributed by atoms with Crippen LogP contribution in [0.2, 0.25) is 0 Å². The molecule has 0 aliphatic heterocycles. The molecule has 0 radical (unpaired) electrons. The van der Waals surface area contributed by atoms with Crippen LogP contribution in [0.5, 0.6) is 0 Å². The summed E-state index contributed by atoms with van der Waals surface area (Å²) < 4.78 is 0.0450. The zero-order valence-electron chi connectivity index (χ0n) is 24.1. The Morgan fingerprint density at radius 2 is 0.875 bits per heavy atom. The Labute approximate surface area is 247 Å². The Morgan fingerprint density at radius 1 is 0.525 bits per heavy atom. The molecule has 4 aromatic rings. The van der Waals surface area contributed by atoms with Gasteiger partial charge in [-0.15, -0.1) is 0 Å². The van der Waals surface area contributed by atoms with Crippen molar-refractivity contribution in [3.63, 3.8) is 0 Å². The Hall–Kier alpha value is -1.96. The second-order valence-electron chi connectivity index (χ2n) is 12.0. The van der Waals surface area contributed by atoms with Gasteiger partial charge in [-0.1, -0.05) is 0 Å². The first-order chi connectivity index (χ1) is 19.0. The molecule has 202 valence electrons. The van der Waals surface area contributed by atoms with Gasteiger partial charge in [0.25, 0.3) is 0 Å². The average Bonchev–Trinajstić information content (AvgIpc) is 3.41. The molecule has 0 fully saturated rings. The van der Waals surface area contributed by atoms with Gasteiger partial charge in [-0.2, -0.15) is 0 Å². The molecule has 0 saturated heterocycles. The van der Waals surface area contributed by atoms with Crippen molar-refractivity contribution >= 4 is 45.0 Å². The summed E-state index contributed by atoms with van der Waals surface area (Å²) in [5.74, 6) is 0. The van der Waals surface area contributed by atoms with E-state index in [1.807, 2.05) is 0 Å². The van der Waals surface area contributed by atoms with Gasteiger partial charge in [0.1, 0.15) is 0 Å². The molecule has 0 saturated carbocycles. The van der Waals surface area contributed by atoms with Crippen molar-refractivity contribution < 1.29 is 15.0 Å². The molecule has 40 heavy (non-hydrogen) atoms. The van der Waals surface area contributed by atoms with Crippen LogP contribution in [-0.2, 0) is 15.0 Å². The second-order valence-corrected chi connectivity index (χ2v) is 47.0. The van der Waals surface area contributed by atoms with Gasteiger partial charge in [0.15, 0.2) is 0 Å². The normalized spacial score (nSPS) is 18.2. The molecule has 0 heterocycles. The van der Waals surface area contributed by atoms with E-state index < -0.39 is 20.4 Å². The summed E-state index contributed by atoms with van der Waals surface area (Å²) >= 11 is -5.16. The molecule has 4 aromatic carbocycles. The van der Waals surface area contributed by atoms with Crippen molar-refractivity contribution in [3.8, 4) is 0 Å². The summed E-state index contributed by atoms with van der Waals surface area (Å²) in [6.07, 6.45) is 4.74. The number of halogens is 2. The quantitative estimate of drug-likeness (QED) is 0.192. The number of hydrogen-bond donors (Lipinski definition) is 0. The predicted octanol–water partition coefficient (Wildman–Crippen LogP) is 9.34. The van der Waals surface area contributed by atoms with Gasteiger partial charge in [-0.3, -0.25) is 0 Å². The Bertz CT molecular complexity index is 1680. The van der Waals surface area contributed by atoms with E-state index in [1.54, 1.807) is 0 Å². The number of allylic oxidation sites excluding steroid dienone is 2. The molecule has 2 aliphatic carbocycles. The number of aryl methyl sites for hydroxylation is 4. The second kappa shape index (κ2) is 10.1. The summed E-state index contributed by atoms with van der Waals surface area (Å²) in [5.41, 5.74) is 11.5. The SMILES string of the molecule is CC1=Cc2cc(C)c(C)cc2[CH]1[Zr]([Cl])([Cl])([CH]1C(C)=Cc2cc(C)c(C)cc21)=[Si](c1ccccc1)c1ccccc1. The monoisotopic (exact) mass is 656 g/mol. The average molecular weight is 659 g/mol. The van der Waals surface area contributed by atoms with Gasteiger partial charge < -0.3 is 0 Å². The molecule has 4 heteroatoms. The van der Waals surface area contributed by atoms with Gasteiger partial charge in [0.05, 0.1) is 0 Å². The van der Waals surface area contributed by atoms with Crippen LogP contribution in [0.3, 0.4) is 0 Å². The summed E-state index contributed by atoms with van der Waals surface area (Å²) in [6.45, 7) is 13.4. The molecule has 0 spiro atoms. The topological polar surface area (TPSA) is 0 Å². The van der Waals surface area contributed by atoms with E-state index in [4.69, 9.17) is 17.0 Å². The van der Waals surface area contributed by atoms with E-state index in [-0.39, 0.29) is 7.25 Å². The molecule has 0 bridgehead atoms. The van der Waals surface area contributed by atoms with Crippen LogP contribution in [-0.4, -0.2) is 5.43 Å². The van der Waals surface area contributed by atoms with Crippen LogP contribution in [0.15, 0.2) is 96.1 Å². The summed E-state index contributed by atoms with van der Waals surface area (Å²) in [7, 11) is 17.6. The van der Waals surface area contributed by atoms with E-state index >= 15 is 0 Å². The van der Waals surface area contributed by atoms with Gasteiger partial charge in [-0.05, 0) is 0 Å². The van der Waals surface area contributed by atoms with Crippen LogP contribution in [0, 0.1) is 27.7 Å². The van der Waals surface area contributed by atoms with Crippen LogP contribution >= 0.6 is 17.0 Å². The predicted molar refractivity (Wildman–Crippen MR) is 174 cm³/mol. The fourth-order valence-electron chi connectivity index (χ4n) is 7.41. The number of benzene rings is 4. The third-order valence-corrected chi connectivity index (χ3v) is 47.7. The van der Waals surface area contributed by atoms with Crippen LogP contribution in [0.25, 0.3) is 12.2 Å². The third kappa shape index (κ3) is 4.25. The van der Waals surface area contributed by atoms with Crippen molar-refractivity contribution in [1.29, 1.82) is 0 Å². The van der Waals surface area contributed by atoms with E-state index in [9.17, 15) is 0 Å². The van der Waals surface area contributed by atoms with Crippen LogP contribution in [0.1, 0.15) is 65.6 Å². The maximum absolute atomic E-state index is 8.81. The summed E-state index contributed by atoms with van der Waals surface area (Å²) in [5, 5.41) is 2.62. The van der Waals surface area contributed by atoms with Crippen molar-refractivity contribution in [2.24, 2.45) is 0 Å². The first-order valence-electron chi connectivity index (χ1n) is 14.1.